The number of aliphatic carboxylic acids is 1. The smallest absolute Gasteiger partial charge is 0.307 e. The first-order valence-corrected chi connectivity index (χ1v) is 5.97. The minimum atomic E-state index is -1.95. The molecule has 110 valence electrons. The highest BCUT2D eigenvalue weighted by Gasteiger charge is 2.61. The second-order valence-corrected chi connectivity index (χ2v) is 5.58. The molecule has 2 unspecified atom stereocenters. The number of rotatable bonds is 7. The number of carbonyl (C=O) groups is 1. The van der Waals surface area contributed by atoms with Crippen LogP contribution in [0.3, 0.4) is 0 Å². The third-order valence-electron chi connectivity index (χ3n) is 4.02. The van der Waals surface area contributed by atoms with Gasteiger partial charge in [0.2, 0.25) is 0 Å². The van der Waals surface area contributed by atoms with E-state index in [1.807, 2.05) is 0 Å². The fourth-order valence-corrected chi connectivity index (χ4v) is 2.39. The van der Waals surface area contributed by atoms with Crippen molar-refractivity contribution in [2.24, 2.45) is 22.7 Å². The van der Waals surface area contributed by atoms with Gasteiger partial charge in [-0.2, -0.15) is 0 Å². The summed E-state index contributed by atoms with van der Waals surface area (Å²) >= 11 is 0. The third kappa shape index (κ3) is 2.58. The molecule has 0 heterocycles. The van der Waals surface area contributed by atoms with E-state index in [4.69, 9.17) is 9.84 Å². The first-order chi connectivity index (χ1) is 8.80. The normalized spacial score (nSPS) is 26.1. The zero-order chi connectivity index (χ0) is 14.8. The molecule has 0 radical (unpaired) electrons. The van der Waals surface area contributed by atoms with E-state index in [9.17, 15) is 18.0 Å². The largest absolute Gasteiger partial charge is 0.501 e. The molecule has 1 aliphatic rings. The molecule has 6 heteroatoms. The lowest BCUT2D eigenvalue weighted by atomic mass is 9.89. The van der Waals surface area contributed by atoms with Crippen molar-refractivity contribution in [3.8, 4) is 0 Å². The summed E-state index contributed by atoms with van der Waals surface area (Å²) in [6, 6.07) is 0. The van der Waals surface area contributed by atoms with Gasteiger partial charge in [0.05, 0.1) is 13.0 Å². The van der Waals surface area contributed by atoms with Gasteiger partial charge in [0.1, 0.15) is 31.2 Å². The summed E-state index contributed by atoms with van der Waals surface area (Å²) < 4.78 is 43.8. The molecule has 1 saturated carbocycles. The molecular formula is C13H19F3O3. The molecule has 0 aromatic heterocycles. The molecule has 1 aliphatic carbocycles. The van der Waals surface area contributed by atoms with E-state index >= 15 is 0 Å². The first-order valence-electron chi connectivity index (χ1n) is 5.97. The Hall–Kier alpha value is -1.20. The number of carboxylic acids is 1. The van der Waals surface area contributed by atoms with E-state index in [0.717, 1.165) is 0 Å². The molecular weight excluding hydrogens is 261 g/mol. The average Bonchev–Trinajstić information content (AvgIpc) is 2.92. The summed E-state index contributed by atoms with van der Waals surface area (Å²) in [5.41, 5.74) is -2.47. The minimum Gasteiger partial charge on any atom is -0.501 e. The summed E-state index contributed by atoms with van der Waals surface area (Å²) in [5, 5.41) is 9.03. The molecule has 19 heavy (non-hydrogen) atoms. The molecule has 0 bridgehead atoms. The lowest BCUT2D eigenvalue weighted by molar-refractivity contribution is -0.139. The van der Waals surface area contributed by atoms with E-state index in [0.29, 0.717) is 0 Å². The van der Waals surface area contributed by atoms with Crippen molar-refractivity contribution in [2.75, 3.05) is 27.1 Å². The van der Waals surface area contributed by atoms with Gasteiger partial charge in [-0.25, -0.2) is 13.2 Å². The standard InChI is InChI=1S/C13H19F3O3/c1-12(2)8(10(12)11(17)18)4-9(19-3)13(5-14,6-15)7-16/h4,8,10H,5-7H2,1-3H3,(H,17,18). The fourth-order valence-electron chi connectivity index (χ4n) is 2.39. The van der Waals surface area contributed by atoms with Gasteiger partial charge in [0.25, 0.3) is 0 Å². The Kier molecular flexibility index (Phi) is 4.53. The molecule has 1 N–H and O–H groups in total. The molecule has 0 aromatic carbocycles. The maximum atomic E-state index is 13.0. The Labute approximate surface area is 110 Å². The molecule has 1 rings (SSSR count). The lowest BCUT2D eigenvalue weighted by Crippen LogP contribution is -2.32. The van der Waals surface area contributed by atoms with Gasteiger partial charge < -0.3 is 9.84 Å². The van der Waals surface area contributed by atoms with Crippen LogP contribution in [0.4, 0.5) is 13.2 Å². The lowest BCUT2D eigenvalue weighted by Gasteiger charge is -2.26. The van der Waals surface area contributed by atoms with Crippen LogP contribution in [0.1, 0.15) is 13.8 Å². The van der Waals surface area contributed by atoms with Gasteiger partial charge in [-0.3, -0.25) is 4.79 Å². The molecule has 0 amide bonds. The van der Waals surface area contributed by atoms with Crippen LogP contribution in [0.5, 0.6) is 0 Å². The Balaban J connectivity index is 3.05. The van der Waals surface area contributed by atoms with Crippen molar-refractivity contribution in [3.63, 3.8) is 0 Å². The van der Waals surface area contributed by atoms with Crippen LogP contribution in [0.15, 0.2) is 11.8 Å². The molecule has 0 spiro atoms. The maximum Gasteiger partial charge on any atom is 0.307 e. The van der Waals surface area contributed by atoms with Gasteiger partial charge in [0, 0.05) is 5.92 Å². The Morgan fingerprint density at radius 2 is 1.79 bits per heavy atom. The number of methoxy groups -OCH3 is 1. The SMILES string of the molecule is COC(=CC1C(C(=O)O)C1(C)C)C(CF)(CF)CF. The van der Waals surface area contributed by atoms with Crippen molar-refractivity contribution in [3.05, 3.63) is 11.8 Å². The monoisotopic (exact) mass is 280 g/mol. The topological polar surface area (TPSA) is 46.5 Å². The van der Waals surface area contributed by atoms with Crippen LogP contribution in [0.2, 0.25) is 0 Å². The van der Waals surface area contributed by atoms with Gasteiger partial charge in [-0.15, -0.1) is 0 Å². The predicted molar refractivity (Wildman–Crippen MR) is 63.8 cm³/mol. The Morgan fingerprint density at radius 3 is 2.05 bits per heavy atom. The van der Waals surface area contributed by atoms with Crippen molar-refractivity contribution < 1.29 is 27.8 Å². The zero-order valence-corrected chi connectivity index (χ0v) is 11.3. The number of hydrogen-bond acceptors (Lipinski definition) is 2. The number of hydrogen-bond donors (Lipinski definition) is 1. The number of alkyl halides is 3. The van der Waals surface area contributed by atoms with E-state index in [2.05, 4.69) is 0 Å². The van der Waals surface area contributed by atoms with Crippen LogP contribution in [0.25, 0.3) is 0 Å². The number of allylic oxidation sites excluding steroid dienone is 2. The molecule has 2 atom stereocenters. The quantitative estimate of drug-likeness (QED) is 0.729. The highest BCUT2D eigenvalue weighted by Crippen LogP contribution is 2.60. The second-order valence-electron chi connectivity index (χ2n) is 5.58. The Bertz CT molecular complexity index is 367. The summed E-state index contributed by atoms with van der Waals surface area (Å²) in [5.74, 6) is -2.19. The number of ether oxygens (including phenoxy) is 1. The summed E-state index contributed by atoms with van der Waals surface area (Å²) in [4.78, 5) is 11.0. The van der Waals surface area contributed by atoms with E-state index in [1.165, 1.54) is 13.2 Å². The zero-order valence-electron chi connectivity index (χ0n) is 11.3. The van der Waals surface area contributed by atoms with Crippen LogP contribution >= 0.6 is 0 Å². The predicted octanol–water partition coefficient (Wildman–Crippen LogP) is 2.77. The van der Waals surface area contributed by atoms with Crippen molar-refractivity contribution >= 4 is 5.97 Å². The van der Waals surface area contributed by atoms with Crippen LogP contribution in [-0.4, -0.2) is 38.2 Å². The van der Waals surface area contributed by atoms with Gasteiger partial charge >= 0.3 is 5.97 Å². The van der Waals surface area contributed by atoms with Crippen molar-refractivity contribution in [2.45, 2.75) is 13.8 Å². The fraction of sp³-hybridized carbons (Fsp3) is 0.769. The number of carboxylic acid groups (broad SMARTS) is 1. The highest BCUT2D eigenvalue weighted by atomic mass is 19.1. The summed E-state index contributed by atoms with van der Waals surface area (Å²) in [6.45, 7) is -0.218. The van der Waals surface area contributed by atoms with Crippen molar-refractivity contribution in [1.82, 2.24) is 0 Å². The first kappa shape index (κ1) is 15.9. The summed E-state index contributed by atoms with van der Waals surface area (Å²) in [7, 11) is 1.20. The number of halogens is 3. The van der Waals surface area contributed by atoms with Crippen LogP contribution < -0.4 is 0 Å². The molecule has 1 fully saturated rings. The second kappa shape index (κ2) is 5.43. The van der Waals surface area contributed by atoms with Crippen molar-refractivity contribution in [1.29, 1.82) is 0 Å². The molecule has 0 aliphatic heterocycles. The van der Waals surface area contributed by atoms with Crippen LogP contribution in [0, 0.1) is 22.7 Å². The van der Waals surface area contributed by atoms with Gasteiger partial charge in [0.15, 0.2) is 0 Å². The van der Waals surface area contributed by atoms with E-state index in [-0.39, 0.29) is 5.76 Å². The molecule has 0 aromatic rings. The van der Waals surface area contributed by atoms with Gasteiger partial charge in [-0.05, 0) is 11.5 Å². The average molecular weight is 280 g/mol. The summed E-state index contributed by atoms with van der Waals surface area (Å²) in [6.07, 6.45) is 1.36. The highest BCUT2D eigenvalue weighted by molar-refractivity contribution is 5.76. The molecule has 3 nitrogen and oxygen atoms in total. The van der Waals surface area contributed by atoms with E-state index in [1.54, 1.807) is 13.8 Å². The maximum absolute atomic E-state index is 13.0. The third-order valence-corrected chi connectivity index (χ3v) is 4.02. The van der Waals surface area contributed by atoms with Crippen LogP contribution in [-0.2, 0) is 9.53 Å². The van der Waals surface area contributed by atoms with Gasteiger partial charge in [-0.1, -0.05) is 13.8 Å². The Morgan fingerprint density at radius 1 is 1.32 bits per heavy atom. The van der Waals surface area contributed by atoms with E-state index < -0.39 is 48.7 Å². The molecule has 0 saturated heterocycles. The minimum absolute atomic E-state index is 0.151.